The minimum absolute atomic E-state index is 0.0724. The predicted octanol–water partition coefficient (Wildman–Crippen LogP) is 3.02. The third-order valence-electron chi connectivity index (χ3n) is 2.79. The van der Waals surface area contributed by atoms with E-state index in [1.54, 1.807) is 12.1 Å². The SMILES string of the molecule is CC(=O)c1ccccc1C(=O)Oc1ccccc1[N+](=O)[O-]. The van der Waals surface area contributed by atoms with Gasteiger partial charge in [-0.1, -0.05) is 30.3 Å². The average Bonchev–Trinajstić information content (AvgIpc) is 2.47. The summed E-state index contributed by atoms with van der Waals surface area (Å²) in [7, 11) is 0. The minimum Gasteiger partial charge on any atom is -0.416 e. The highest BCUT2D eigenvalue weighted by Gasteiger charge is 2.20. The van der Waals surface area contributed by atoms with Crippen molar-refractivity contribution < 1.29 is 19.2 Å². The van der Waals surface area contributed by atoms with E-state index in [1.165, 1.54) is 43.3 Å². The van der Waals surface area contributed by atoms with E-state index in [0.29, 0.717) is 0 Å². The number of Topliss-reactive ketones (excluding diaryl/α,β-unsaturated/α-hetero) is 1. The van der Waals surface area contributed by atoms with Crippen LogP contribution >= 0.6 is 0 Å². The summed E-state index contributed by atoms with van der Waals surface area (Å²) in [6.45, 7) is 1.33. The first kappa shape index (κ1) is 14.4. The van der Waals surface area contributed by atoms with Gasteiger partial charge in [0.2, 0.25) is 5.75 Å². The topological polar surface area (TPSA) is 86.5 Å². The highest BCUT2D eigenvalue weighted by Crippen LogP contribution is 2.27. The number of carbonyl (C=O) groups is 2. The molecular weight excluding hydrogens is 274 g/mol. The molecule has 6 heteroatoms. The maximum atomic E-state index is 12.1. The van der Waals surface area contributed by atoms with E-state index in [2.05, 4.69) is 0 Å². The van der Waals surface area contributed by atoms with Crippen LogP contribution < -0.4 is 4.74 Å². The number of hydrogen-bond donors (Lipinski definition) is 0. The number of esters is 1. The summed E-state index contributed by atoms with van der Waals surface area (Å²) >= 11 is 0. The number of nitrogens with zero attached hydrogens (tertiary/aromatic N) is 1. The molecule has 0 spiro atoms. The van der Waals surface area contributed by atoms with Gasteiger partial charge in [-0.05, 0) is 19.1 Å². The van der Waals surface area contributed by atoms with Gasteiger partial charge in [-0.15, -0.1) is 0 Å². The summed E-state index contributed by atoms with van der Waals surface area (Å²) in [6.07, 6.45) is 0. The second-order valence-electron chi connectivity index (χ2n) is 4.22. The molecule has 0 bridgehead atoms. The van der Waals surface area contributed by atoms with E-state index >= 15 is 0 Å². The first-order chi connectivity index (χ1) is 10.0. The summed E-state index contributed by atoms with van der Waals surface area (Å²) in [5.74, 6) is -1.26. The molecule has 0 aromatic heterocycles. The molecule has 2 rings (SSSR count). The zero-order chi connectivity index (χ0) is 15.4. The summed E-state index contributed by atoms with van der Waals surface area (Å²) in [5.41, 5.74) is -0.0320. The molecule has 0 radical (unpaired) electrons. The van der Waals surface area contributed by atoms with Gasteiger partial charge in [-0.25, -0.2) is 4.79 Å². The van der Waals surface area contributed by atoms with Gasteiger partial charge in [-0.3, -0.25) is 14.9 Å². The quantitative estimate of drug-likeness (QED) is 0.283. The van der Waals surface area contributed by atoms with Crippen LogP contribution in [0.1, 0.15) is 27.6 Å². The minimum atomic E-state index is -0.810. The van der Waals surface area contributed by atoms with Gasteiger partial charge in [0.15, 0.2) is 5.78 Å². The molecule has 0 unspecified atom stereocenters. The standard InChI is InChI=1S/C15H11NO5/c1-10(17)11-6-2-3-7-12(11)15(18)21-14-9-5-4-8-13(14)16(19)20/h2-9H,1H3. The predicted molar refractivity (Wildman–Crippen MR) is 74.5 cm³/mol. The highest BCUT2D eigenvalue weighted by atomic mass is 16.6. The number of rotatable bonds is 4. The molecule has 0 atom stereocenters. The number of nitro groups is 1. The van der Waals surface area contributed by atoms with E-state index in [9.17, 15) is 19.7 Å². The first-order valence-electron chi connectivity index (χ1n) is 6.06. The normalized spacial score (nSPS) is 9.95. The molecule has 0 heterocycles. The fourth-order valence-corrected chi connectivity index (χ4v) is 1.82. The lowest BCUT2D eigenvalue weighted by Gasteiger charge is -2.07. The molecular formula is C15H11NO5. The van der Waals surface area contributed by atoms with Crippen LogP contribution in [0.3, 0.4) is 0 Å². The number of ether oxygens (including phenoxy) is 1. The van der Waals surface area contributed by atoms with Crippen molar-refractivity contribution in [2.75, 3.05) is 0 Å². The molecule has 2 aromatic rings. The third kappa shape index (κ3) is 3.11. The molecule has 0 aliphatic heterocycles. The number of para-hydroxylation sites is 2. The van der Waals surface area contributed by atoms with E-state index in [4.69, 9.17) is 4.74 Å². The van der Waals surface area contributed by atoms with Crippen molar-refractivity contribution in [3.05, 3.63) is 69.8 Å². The molecule has 0 saturated carbocycles. The molecule has 21 heavy (non-hydrogen) atoms. The van der Waals surface area contributed by atoms with E-state index in [1.807, 2.05) is 0 Å². The number of hydrogen-bond acceptors (Lipinski definition) is 5. The number of nitro benzene ring substituents is 1. The van der Waals surface area contributed by atoms with E-state index < -0.39 is 10.9 Å². The average molecular weight is 285 g/mol. The van der Waals surface area contributed by atoms with Crippen LogP contribution in [0.5, 0.6) is 5.75 Å². The van der Waals surface area contributed by atoms with Crippen LogP contribution in [0, 0.1) is 10.1 Å². The lowest BCUT2D eigenvalue weighted by molar-refractivity contribution is -0.385. The van der Waals surface area contributed by atoms with Crippen molar-refractivity contribution in [2.45, 2.75) is 6.92 Å². The fraction of sp³-hybridized carbons (Fsp3) is 0.0667. The molecule has 0 aliphatic rings. The molecule has 0 aliphatic carbocycles. The number of benzene rings is 2. The Morgan fingerprint density at radius 2 is 1.57 bits per heavy atom. The summed E-state index contributed by atoms with van der Waals surface area (Å²) < 4.78 is 5.05. The summed E-state index contributed by atoms with van der Waals surface area (Å²) in [5, 5.41) is 10.9. The van der Waals surface area contributed by atoms with Gasteiger partial charge in [0.25, 0.3) is 0 Å². The van der Waals surface area contributed by atoms with Crippen molar-refractivity contribution in [3.63, 3.8) is 0 Å². The van der Waals surface area contributed by atoms with Crippen LogP contribution in [0.2, 0.25) is 0 Å². The van der Waals surface area contributed by atoms with Crippen molar-refractivity contribution >= 4 is 17.4 Å². The molecule has 0 N–H and O–H groups in total. The smallest absolute Gasteiger partial charge is 0.344 e. The van der Waals surface area contributed by atoms with Gasteiger partial charge in [-0.2, -0.15) is 0 Å². The molecule has 2 aromatic carbocycles. The zero-order valence-electron chi connectivity index (χ0n) is 11.1. The Labute approximate surface area is 120 Å². The largest absolute Gasteiger partial charge is 0.416 e. The van der Waals surface area contributed by atoms with E-state index in [-0.39, 0.29) is 28.3 Å². The van der Waals surface area contributed by atoms with Crippen molar-refractivity contribution in [1.82, 2.24) is 0 Å². The summed E-state index contributed by atoms with van der Waals surface area (Å²) in [6, 6.07) is 11.7. The monoisotopic (exact) mass is 285 g/mol. The van der Waals surface area contributed by atoms with Gasteiger partial charge in [0, 0.05) is 11.6 Å². The molecule has 0 amide bonds. The van der Waals surface area contributed by atoms with Crippen LogP contribution in [0.25, 0.3) is 0 Å². The van der Waals surface area contributed by atoms with Gasteiger partial charge < -0.3 is 4.74 Å². The Balaban J connectivity index is 2.36. The lowest BCUT2D eigenvalue weighted by atomic mass is 10.0. The third-order valence-corrected chi connectivity index (χ3v) is 2.79. The van der Waals surface area contributed by atoms with Crippen molar-refractivity contribution in [3.8, 4) is 5.75 Å². The first-order valence-corrected chi connectivity index (χ1v) is 6.06. The Morgan fingerprint density at radius 3 is 2.19 bits per heavy atom. The highest BCUT2D eigenvalue weighted by molar-refractivity contribution is 6.05. The van der Waals surface area contributed by atoms with Crippen LogP contribution in [0.15, 0.2) is 48.5 Å². The Kier molecular flexibility index (Phi) is 4.08. The second-order valence-corrected chi connectivity index (χ2v) is 4.22. The van der Waals surface area contributed by atoms with Crippen LogP contribution in [-0.4, -0.2) is 16.7 Å². The maximum Gasteiger partial charge on any atom is 0.344 e. The van der Waals surface area contributed by atoms with Gasteiger partial charge in [0.1, 0.15) is 0 Å². The number of carbonyl (C=O) groups excluding carboxylic acids is 2. The van der Waals surface area contributed by atoms with Crippen molar-refractivity contribution in [1.29, 1.82) is 0 Å². The lowest BCUT2D eigenvalue weighted by Crippen LogP contribution is -2.13. The molecule has 0 fully saturated rings. The van der Waals surface area contributed by atoms with Crippen LogP contribution in [0.4, 0.5) is 5.69 Å². The van der Waals surface area contributed by atoms with E-state index in [0.717, 1.165) is 0 Å². The summed E-state index contributed by atoms with van der Waals surface area (Å²) in [4.78, 5) is 33.8. The second kappa shape index (κ2) is 5.96. The maximum absolute atomic E-state index is 12.1. The Bertz CT molecular complexity index is 724. The fourth-order valence-electron chi connectivity index (χ4n) is 1.82. The Hall–Kier alpha value is -3.02. The zero-order valence-corrected chi connectivity index (χ0v) is 11.1. The number of ketones is 1. The van der Waals surface area contributed by atoms with Gasteiger partial charge >= 0.3 is 11.7 Å². The molecule has 106 valence electrons. The van der Waals surface area contributed by atoms with Crippen LogP contribution in [-0.2, 0) is 0 Å². The van der Waals surface area contributed by atoms with Gasteiger partial charge in [0.05, 0.1) is 10.5 Å². The molecule has 0 saturated heterocycles. The Morgan fingerprint density at radius 1 is 1.00 bits per heavy atom. The van der Waals surface area contributed by atoms with Crippen molar-refractivity contribution in [2.24, 2.45) is 0 Å². The molecule has 6 nitrogen and oxygen atoms in total.